The molecule has 0 unspecified atom stereocenters. The molecular formula is C17H9BrFNO4. The van der Waals surface area contributed by atoms with Gasteiger partial charge in [-0.1, -0.05) is 6.07 Å². The van der Waals surface area contributed by atoms with Crippen LogP contribution in [0.5, 0.6) is 11.5 Å². The SMILES string of the molecule is O=C1OC(c2ccc3c(c2)OCO3)=N/C1=C/c1ccc(F)c(Br)c1. The van der Waals surface area contributed by atoms with E-state index in [9.17, 15) is 9.18 Å². The van der Waals surface area contributed by atoms with E-state index < -0.39 is 5.97 Å². The van der Waals surface area contributed by atoms with Crippen molar-refractivity contribution in [2.45, 2.75) is 0 Å². The predicted octanol–water partition coefficient (Wildman–Crippen LogP) is 3.66. The van der Waals surface area contributed by atoms with Crippen molar-refractivity contribution in [1.82, 2.24) is 0 Å². The highest BCUT2D eigenvalue weighted by atomic mass is 79.9. The van der Waals surface area contributed by atoms with Crippen molar-refractivity contribution in [1.29, 1.82) is 0 Å². The van der Waals surface area contributed by atoms with Gasteiger partial charge in [-0.25, -0.2) is 14.2 Å². The third-order valence-corrected chi connectivity index (χ3v) is 4.09. The second-order valence-corrected chi connectivity index (χ2v) is 5.93. The van der Waals surface area contributed by atoms with Gasteiger partial charge in [-0.15, -0.1) is 0 Å². The Labute approximate surface area is 144 Å². The molecule has 0 saturated heterocycles. The van der Waals surface area contributed by atoms with Crippen LogP contribution in [0.3, 0.4) is 0 Å². The maximum Gasteiger partial charge on any atom is 0.363 e. The van der Waals surface area contributed by atoms with Crippen LogP contribution < -0.4 is 9.47 Å². The van der Waals surface area contributed by atoms with Crippen molar-refractivity contribution in [3.05, 3.63) is 63.5 Å². The first-order valence-electron chi connectivity index (χ1n) is 6.98. The number of aliphatic imine (C=N–C) groups is 1. The number of halogens is 2. The minimum atomic E-state index is -0.567. The molecule has 0 bridgehead atoms. The van der Waals surface area contributed by atoms with Gasteiger partial charge in [0.1, 0.15) is 5.82 Å². The molecule has 120 valence electrons. The summed E-state index contributed by atoms with van der Waals surface area (Å²) in [5, 5.41) is 0. The highest BCUT2D eigenvalue weighted by molar-refractivity contribution is 9.10. The Kier molecular flexibility index (Phi) is 3.57. The topological polar surface area (TPSA) is 57.1 Å². The van der Waals surface area contributed by atoms with Gasteiger partial charge in [-0.05, 0) is 57.9 Å². The summed E-state index contributed by atoms with van der Waals surface area (Å²) in [5.74, 6) is 0.450. The van der Waals surface area contributed by atoms with Crippen LogP contribution in [0, 0.1) is 5.82 Å². The average Bonchev–Trinajstić information content (AvgIpc) is 3.17. The summed E-state index contributed by atoms with van der Waals surface area (Å²) in [6.07, 6.45) is 1.53. The molecule has 0 aromatic heterocycles. The largest absolute Gasteiger partial charge is 0.454 e. The van der Waals surface area contributed by atoms with Crippen molar-refractivity contribution >= 4 is 33.9 Å². The molecule has 5 nitrogen and oxygen atoms in total. The number of cyclic esters (lactones) is 1. The Bertz CT molecular complexity index is 923. The van der Waals surface area contributed by atoms with Gasteiger partial charge >= 0.3 is 5.97 Å². The van der Waals surface area contributed by atoms with E-state index in [4.69, 9.17) is 14.2 Å². The molecule has 4 rings (SSSR count). The summed E-state index contributed by atoms with van der Waals surface area (Å²) < 4.78 is 29.3. The number of rotatable bonds is 2. The second-order valence-electron chi connectivity index (χ2n) is 5.08. The van der Waals surface area contributed by atoms with Crippen LogP contribution in [-0.2, 0) is 9.53 Å². The summed E-state index contributed by atoms with van der Waals surface area (Å²) in [6.45, 7) is 0.162. The monoisotopic (exact) mass is 389 g/mol. The van der Waals surface area contributed by atoms with Gasteiger partial charge in [0.15, 0.2) is 17.2 Å². The lowest BCUT2D eigenvalue weighted by molar-refractivity contribution is -0.129. The average molecular weight is 390 g/mol. The summed E-state index contributed by atoms with van der Waals surface area (Å²) in [4.78, 5) is 16.2. The van der Waals surface area contributed by atoms with E-state index in [1.54, 1.807) is 30.3 Å². The molecule has 2 heterocycles. The number of esters is 1. The molecule has 0 fully saturated rings. The maximum atomic E-state index is 13.3. The molecule has 2 aromatic carbocycles. The molecule has 0 spiro atoms. The van der Waals surface area contributed by atoms with Crippen LogP contribution >= 0.6 is 15.9 Å². The number of carbonyl (C=O) groups is 1. The summed E-state index contributed by atoms with van der Waals surface area (Å²) in [5.41, 5.74) is 1.38. The molecule has 0 N–H and O–H groups in total. The third kappa shape index (κ3) is 2.67. The van der Waals surface area contributed by atoms with Gasteiger partial charge in [0.25, 0.3) is 0 Å². The summed E-state index contributed by atoms with van der Waals surface area (Å²) in [6, 6.07) is 9.58. The van der Waals surface area contributed by atoms with Gasteiger partial charge < -0.3 is 14.2 Å². The lowest BCUT2D eigenvalue weighted by Crippen LogP contribution is -2.05. The molecule has 0 saturated carbocycles. The number of fused-ring (bicyclic) bond motifs is 1. The number of hydrogen-bond donors (Lipinski definition) is 0. The number of nitrogens with zero attached hydrogens (tertiary/aromatic N) is 1. The predicted molar refractivity (Wildman–Crippen MR) is 87.3 cm³/mol. The van der Waals surface area contributed by atoms with Crippen molar-refractivity contribution in [3.63, 3.8) is 0 Å². The number of hydrogen-bond acceptors (Lipinski definition) is 5. The first-order chi connectivity index (χ1) is 11.6. The Morgan fingerprint density at radius 1 is 1.12 bits per heavy atom. The van der Waals surface area contributed by atoms with Crippen molar-refractivity contribution in [2.24, 2.45) is 4.99 Å². The van der Waals surface area contributed by atoms with Crippen molar-refractivity contribution < 1.29 is 23.4 Å². The van der Waals surface area contributed by atoms with Crippen LogP contribution in [0.2, 0.25) is 0 Å². The van der Waals surface area contributed by atoms with Gasteiger partial charge in [0, 0.05) is 5.56 Å². The second kappa shape index (κ2) is 5.76. The van der Waals surface area contributed by atoms with E-state index in [1.807, 2.05) is 0 Å². The minimum Gasteiger partial charge on any atom is -0.454 e. The Balaban J connectivity index is 1.67. The summed E-state index contributed by atoms with van der Waals surface area (Å²) >= 11 is 3.11. The molecule has 0 amide bonds. The Morgan fingerprint density at radius 2 is 1.96 bits per heavy atom. The van der Waals surface area contributed by atoms with Crippen LogP contribution in [0.25, 0.3) is 6.08 Å². The molecule has 2 aliphatic heterocycles. The molecule has 0 radical (unpaired) electrons. The molecule has 0 atom stereocenters. The van der Waals surface area contributed by atoms with Crippen molar-refractivity contribution in [3.8, 4) is 11.5 Å². The van der Waals surface area contributed by atoms with Crippen molar-refractivity contribution in [2.75, 3.05) is 6.79 Å². The van der Waals surface area contributed by atoms with E-state index in [0.29, 0.717) is 27.1 Å². The molecular weight excluding hydrogens is 381 g/mol. The number of ether oxygens (including phenoxy) is 3. The standard InChI is InChI=1S/C17H9BrFNO4/c18-11-5-9(1-3-12(11)19)6-13-17(21)24-16(20-13)10-2-4-14-15(7-10)23-8-22-14/h1-7H,8H2/b13-6+. The van der Waals surface area contributed by atoms with Crippen LogP contribution in [-0.4, -0.2) is 18.7 Å². The van der Waals surface area contributed by atoms with Gasteiger partial charge in [-0.3, -0.25) is 0 Å². The van der Waals surface area contributed by atoms with Crippen LogP contribution in [0.15, 0.2) is 51.6 Å². The molecule has 7 heteroatoms. The molecule has 2 aliphatic rings. The molecule has 0 aliphatic carbocycles. The first kappa shape index (κ1) is 14.9. The third-order valence-electron chi connectivity index (χ3n) is 3.49. The lowest BCUT2D eigenvalue weighted by Gasteiger charge is -2.01. The first-order valence-corrected chi connectivity index (χ1v) is 7.77. The van der Waals surface area contributed by atoms with E-state index in [1.165, 1.54) is 12.1 Å². The Morgan fingerprint density at radius 3 is 2.79 bits per heavy atom. The van der Waals surface area contributed by atoms with E-state index in [-0.39, 0.29) is 24.2 Å². The zero-order valence-electron chi connectivity index (χ0n) is 12.1. The van der Waals surface area contributed by atoms with E-state index in [2.05, 4.69) is 20.9 Å². The van der Waals surface area contributed by atoms with E-state index in [0.717, 1.165) is 0 Å². The minimum absolute atomic E-state index is 0.140. The van der Waals surface area contributed by atoms with Gasteiger partial charge in [0.2, 0.25) is 12.7 Å². The number of carbonyl (C=O) groups excluding carboxylic acids is 1. The zero-order valence-corrected chi connectivity index (χ0v) is 13.7. The van der Waals surface area contributed by atoms with E-state index >= 15 is 0 Å². The van der Waals surface area contributed by atoms with Crippen LogP contribution in [0.1, 0.15) is 11.1 Å². The highest BCUT2D eigenvalue weighted by Gasteiger charge is 2.25. The fourth-order valence-electron chi connectivity index (χ4n) is 2.32. The van der Waals surface area contributed by atoms with Gasteiger partial charge in [-0.2, -0.15) is 0 Å². The molecule has 2 aromatic rings. The quantitative estimate of drug-likeness (QED) is 0.580. The summed E-state index contributed by atoms with van der Waals surface area (Å²) in [7, 11) is 0. The fourth-order valence-corrected chi connectivity index (χ4v) is 2.72. The zero-order chi connectivity index (χ0) is 16.7. The number of benzene rings is 2. The van der Waals surface area contributed by atoms with Crippen LogP contribution in [0.4, 0.5) is 4.39 Å². The smallest absolute Gasteiger partial charge is 0.363 e. The highest BCUT2D eigenvalue weighted by Crippen LogP contribution is 2.33. The maximum absolute atomic E-state index is 13.3. The van der Waals surface area contributed by atoms with Gasteiger partial charge in [0.05, 0.1) is 4.47 Å². The fraction of sp³-hybridized carbons (Fsp3) is 0.0588. The lowest BCUT2D eigenvalue weighted by atomic mass is 10.2. The normalized spacial score (nSPS) is 17.2. The Hall–Kier alpha value is -2.67. The molecule has 24 heavy (non-hydrogen) atoms.